The van der Waals surface area contributed by atoms with Gasteiger partial charge in [0.1, 0.15) is 5.75 Å². The molecule has 0 radical (unpaired) electrons. The van der Waals surface area contributed by atoms with Gasteiger partial charge in [-0.1, -0.05) is 19.1 Å². The number of likely N-dealkylation sites (N-methyl/N-ethyl adjacent to an activating group) is 1. The summed E-state index contributed by atoms with van der Waals surface area (Å²) in [4.78, 5) is 14.2. The van der Waals surface area contributed by atoms with E-state index in [1.807, 2.05) is 45.3 Å². The fraction of sp³-hybridized carbons (Fsp3) is 0.562. The van der Waals surface area contributed by atoms with Gasteiger partial charge in [0.15, 0.2) is 0 Å². The third kappa shape index (κ3) is 4.72. The third-order valence-electron chi connectivity index (χ3n) is 3.81. The Bertz CT molecular complexity index is 472. The molecule has 0 aliphatic heterocycles. The fourth-order valence-electron chi connectivity index (χ4n) is 2.00. The zero-order valence-electron chi connectivity index (χ0n) is 13.6. The van der Waals surface area contributed by atoms with Crippen LogP contribution in [0, 0.1) is 0 Å². The number of amides is 1. The molecule has 0 saturated heterocycles. The van der Waals surface area contributed by atoms with Crippen LogP contribution in [0.25, 0.3) is 0 Å². The van der Waals surface area contributed by atoms with Crippen molar-refractivity contribution >= 4 is 5.91 Å². The van der Waals surface area contributed by atoms with Gasteiger partial charge in [-0.25, -0.2) is 0 Å². The summed E-state index contributed by atoms with van der Waals surface area (Å²) >= 11 is 0. The van der Waals surface area contributed by atoms with E-state index in [4.69, 9.17) is 10.5 Å². The summed E-state index contributed by atoms with van der Waals surface area (Å²) in [6.07, 6.45) is 0.602. The van der Waals surface area contributed by atoms with Gasteiger partial charge in [-0.2, -0.15) is 0 Å². The van der Waals surface area contributed by atoms with E-state index in [0.29, 0.717) is 13.0 Å². The molecule has 0 saturated carbocycles. The smallest absolute Gasteiger partial charge is 0.239 e. The van der Waals surface area contributed by atoms with Gasteiger partial charge in [-0.15, -0.1) is 0 Å². The Morgan fingerprint density at radius 3 is 2.67 bits per heavy atom. The number of carbonyl (C=O) groups is 1. The van der Waals surface area contributed by atoms with Crippen LogP contribution >= 0.6 is 0 Å². The number of nitrogens with zero attached hydrogens (tertiary/aromatic N) is 1. The van der Waals surface area contributed by atoms with Gasteiger partial charge in [0.25, 0.3) is 0 Å². The van der Waals surface area contributed by atoms with Gasteiger partial charge in [0.05, 0.1) is 18.7 Å². The van der Waals surface area contributed by atoms with Crippen molar-refractivity contribution in [1.29, 1.82) is 0 Å². The predicted octanol–water partition coefficient (Wildman–Crippen LogP) is 1.54. The first-order chi connectivity index (χ1) is 9.81. The second-order valence-electron chi connectivity index (χ2n) is 5.74. The summed E-state index contributed by atoms with van der Waals surface area (Å²) in [6, 6.07) is 7.93. The van der Waals surface area contributed by atoms with Crippen LogP contribution in [0.1, 0.15) is 31.9 Å². The average molecular weight is 293 g/mol. The average Bonchev–Trinajstić information content (AvgIpc) is 2.47. The fourth-order valence-corrected chi connectivity index (χ4v) is 2.00. The quantitative estimate of drug-likeness (QED) is 0.800. The second kappa shape index (κ2) is 7.43. The highest BCUT2D eigenvalue weighted by molar-refractivity contribution is 5.85. The first-order valence-electron chi connectivity index (χ1n) is 7.19. The number of hydrogen-bond acceptors (Lipinski definition) is 4. The molecule has 3 N–H and O–H groups in total. The van der Waals surface area contributed by atoms with Crippen molar-refractivity contribution in [2.45, 2.75) is 31.8 Å². The number of ether oxygens (including phenoxy) is 1. The highest BCUT2D eigenvalue weighted by atomic mass is 16.5. The summed E-state index contributed by atoms with van der Waals surface area (Å²) in [6.45, 7) is 4.16. The minimum atomic E-state index is -0.828. The van der Waals surface area contributed by atoms with Crippen LogP contribution < -0.4 is 15.8 Å². The molecule has 21 heavy (non-hydrogen) atoms. The second-order valence-corrected chi connectivity index (χ2v) is 5.74. The Labute approximate surface area is 127 Å². The lowest BCUT2D eigenvalue weighted by molar-refractivity contribution is -0.126. The largest absolute Gasteiger partial charge is 0.497 e. The molecule has 0 bridgehead atoms. The highest BCUT2D eigenvalue weighted by Gasteiger charge is 2.26. The van der Waals surface area contributed by atoms with Crippen molar-refractivity contribution in [2.75, 3.05) is 27.7 Å². The van der Waals surface area contributed by atoms with Crippen molar-refractivity contribution in [3.8, 4) is 5.75 Å². The SMILES string of the molecule is CCC(C)(N)C(=O)NCC(c1cccc(OC)c1)N(C)C. The van der Waals surface area contributed by atoms with Crippen molar-refractivity contribution < 1.29 is 9.53 Å². The van der Waals surface area contributed by atoms with E-state index in [0.717, 1.165) is 11.3 Å². The number of rotatable bonds is 7. The molecule has 2 unspecified atom stereocenters. The Morgan fingerprint density at radius 2 is 2.14 bits per heavy atom. The van der Waals surface area contributed by atoms with Crippen molar-refractivity contribution in [2.24, 2.45) is 5.73 Å². The maximum atomic E-state index is 12.1. The maximum Gasteiger partial charge on any atom is 0.239 e. The number of carbonyl (C=O) groups excluding carboxylic acids is 1. The number of nitrogens with one attached hydrogen (secondary N) is 1. The minimum Gasteiger partial charge on any atom is -0.497 e. The third-order valence-corrected chi connectivity index (χ3v) is 3.81. The molecule has 1 aromatic rings. The van der Waals surface area contributed by atoms with Crippen LogP contribution in [0.5, 0.6) is 5.75 Å². The molecule has 0 heterocycles. The summed E-state index contributed by atoms with van der Waals surface area (Å²) in [7, 11) is 5.61. The molecule has 0 aliphatic rings. The highest BCUT2D eigenvalue weighted by Crippen LogP contribution is 2.22. The molecular weight excluding hydrogens is 266 g/mol. The Hall–Kier alpha value is -1.59. The molecule has 0 aromatic heterocycles. The van der Waals surface area contributed by atoms with Crippen molar-refractivity contribution in [1.82, 2.24) is 10.2 Å². The predicted molar refractivity (Wildman–Crippen MR) is 85.3 cm³/mol. The molecule has 2 atom stereocenters. The lowest BCUT2D eigenvalue weighted by Gasteiger charge is -2.28. The normalized spacial score (nSPS) is 15.4. The van der Waals surface area contributed by atoms with Crippen LogP contribution in [-0.2, 0) is 4.79 Å². The van der Waals surface area contributed by atoms with E-state index in [1.165, 1.54) is 0 Å². The van der Waals surface area contributed by atoms with Crippen LogP contribution in [0.2, 0.25) is 0 Å². The van der Waals surface area contributed by atoms with Crippen LogP contribution in [0.3, 0.4) is 0 Å². The molecule has 1 amide bonds. The van der Waals surface area contributed by atoms with Gasteiger partial charge in [0, 0.05) is 6.54 Å². The molecule has 1 rings (SSSR count). The molecule has 1 aromatic carbocycles. The summed E-state index contributed by atoms with van der Waals surface area (Å²) in [5.74, 6) is 0.683. The zero-order chi connectivity index (χ0) is 16.0. The topological polar surface area (TPSA) is 67.6 Å². The Morgan fingerprint density at radius 1 is 1.48 bits per heavy atom. The maximum absolute atomic E-state index is 12.1. The molecule has 0 spiro atoms. The first-order valence-corrected chi connectivity index (χ1v) is 7.19. The van der Waals surface area contributed by atoms with Crippen LogP contribution in [0.15, 0.2) is 24.3 Å². The van der Waals surface area contributed by atoms with Crippen molar-refractivity contribution in [3.05, 3.63) is 29.8 Å². The zero-order valence-corrected chi connectivity index (χ0v) is 13.6. The van der Waals surface area contributed by atoms with E-state index in [9.17, 15) is 4.79 Å². The van der Waals surface area contributed by atoms with Gasteiger partial charge < -0.3 is 20.7 Å². The van der Waals surface area contributed by atoms with Gasteiger partial charge >= 0.3 is 0 Å². The number of methoxy groups -OCH3 is 1. The summed E-state index contributed by atoms with van der Waals surface area (Å²) in [5.41, 5.74) is 6.22. The molecular formula is C16H27N3O2. The lowest BCUT2D eigenvalue weighted by Crippen LogP contribution is -2.52. The van der Waals surface area contributed by atoms with Crippen LogP contribution in [0.4, 0.5) is 0 Å². The first kappa shape index (κ1) is 17.5. The van der Waals surface area contributed by atoms with Gasteiger partial charge in [0.2, 0.25) is 5.91 Å². The lowest BCUT2D eigenvalue weighted by atomic mass is 9.99. The van der Waals surface area contributed by atoms with E-state index >= 15 is 0 Å². The summed E-state index contributed by atoms with van der Waals surface area (Å²) < 4.78 is 5.26. The molecule has 0 fully saturated rings. The minimum absolute atomic E-state index is 0.0664. The monoisotopic (exact) mass is 293 g/mol. The van der Waals surface area contributed by atoms with E-state index < -0.39 is 5.54 Å². The molecule has 5 heteroatoms. The van der Waals surface area contributed by atoms with Gasteiger partial charge in [-0.05, 0) is 45.1 Å². The van der Waals surface area contributed by atoms with Gasteiger partial charge in [-0.3, -0.25) is 4.79 Å². The molecule has 118 valence electrons. The number of nitrogens with two attached hydrogens (primary N) is 1. The Balaban J connectivity index is 2.81. The standard InChI is InChI=1S/C16H27N3O2/c1-6-16(2,17)15(20)18-11-14(19(3)4)12-8-7-9-13(10-12)21-5/h7-10,14H,6,11,17H2,1-5H3,(H,18,20). The Kier molecular flexibility index (Phi) is 6.18. The van der Waals surface area contributed by atoms with E-state index in [-0.39, 0.29) is 11.9 Å². The van der Waals surface area contributed by atoms with Crippen molar-refractivity contribution in [3.63, 3.8) is 0 Å². The summed E-state index contributed by atoms with van der Waals surface area (Å²) in [5, 5.41) is 2.94. The number of hydrogen-bond donors (Lipinski definition) is 2. The number of benzene rings is 1. The molecule has 5 nitrogen and oxygen atoms in total. The van der Waals surface area contributed by atoms with Crippen LogP contribution in [-0.4, -0.2) is 44.1 Å². The molecule has 0 aliphatic carbocycles. The van der Waals surface area contributed by atoms with E-state index in [2.05, 4.69) is 10.2 Å². The van der Waals surface area contributed by atoms with E-state index in [1.54, 1.807) is 14.0 Å².